The second-order valence-corrected chi connectivity index (χ2v) is 3.85. The highest BCUT2D eigenvalue weighted by Crippen LogP contribution is 2.22. The Labute approximate surface area is 107 Å². The molecule has 0 aromatic heterocycles. The van der Waals surface area contributed by atoms with Gasteiger partial charge in [0.2, 0.25) is 0 Å². The van der Waals surface area contributed by atoms with Crippen LogP contribution in [0.2, 0.25) is 5.02 Å². The number of benzene rings is 2. The van der Waals surface area contributed by atoms with E-state index in [-0.39, 0.29) is 12.4 Å². The molecular weight excluding hydrogens is 241 g/mol. The molecule has 0 unspecified atom stereocenters. The normalized spacial score (nSPS) is 9.62. The monoisotopic (exact) mass is 253 g/mol. The van der Waals surface area contributed by atoms with Crippen molar-refractivity contribution in [2.45, 2.75) is 6.54 Å². The summed E-state index contributed by atoms with van der Waals surface area (Å²) in [6, 6.07) is 16.0. The summed E-state index contributed by atoms with van der Waals surface area (Å²) in [6.07, 6.45) is 0. The third-order valence-electron chi connectivity index (χ3n) is 2.34. The summed E-state index contributed by atoms with van der Waals surface area (Å²) in [5.41, 5.74) is 9.08. The van der Waals surface area contributed by atoms with Crippen LogP contribution in [0.15, 0.2) is 48.5 Å². The highest BCUT2D eigenvalue weighted by Gasteiger charge is 1.98. The minimum atomic E-state index is 0. The zero-order chi connectivity index (χ0) is 10.7. The zero-order valence-electron chi connectivity index (χ0n) is 8.69. The van der Waals surface area contributed by atoms with E-state index in [4.69, 9.17) is 17.3 Å². The first-order chi connectivity index (χ1) is 7.29. The van der Waals surface area contributed by atoms with Gasteiger partial charge in [0.15, 0.2) is 0 Å². The lowest BCUT2D eigenvalue weighted by Gasteiger charge is -2.03. The molecule has 0 aliphatic rings. The SMILES string of the molecule is Cl.NCc1cccc(-c2ccc(Cl)cc2)c1. The quantitative estimate of drug-likeness (QED) is 0.864. The van der Waals surface area contributed by atoms with E-state index in [1.807, 2.05) is 36.4 Å². The molecule has 0 bridgehead atoms. The van der Waals surface area contributed by atoms with Gasteiger partial charge in [0.25, 0.3) is 0 Å². The van der Waals surface area contributed by atoms with Crippen molar-refractivity contribution >= 4 is 24.0 Å². The molecule has 84 valence electrons. The average Bonchev–Trinajstić information content (AvgIpc) is 2.30. The Balaban J connectivity index is 0.00000128. The maximum Gasteiger partial charge on any atom is 0.0406 e. The molecule has 0 spiro atoms. The molecule has 0 heterocycles. The molecule has 2 N–H and O–H groups in total. The van der Waals surface area contributed by atoms with Crippen LogP contribution in [-0.4, -0.2) is 0 Å². The van der Waals surface area contributed by atoms with Crippen LogP contribution in [0.3, 0.4) is 0 Å². The number of hydrogen-bond acceptors (Lipinski definition) is 1. The fraction of sp³-hybridized carbons (Fsp3) is 0.0769. The van der Waals surface area contributed by atoms with Gasteiger partial charge in [-0.3, -0.25) is 0 Å². The van der Waals surface area contributed by atoms with Gasteiger partial charge in [-0.25, -0.2) is 0 Å². The molecule has 0 saturated carbocycles. The molecule has 0 radical (unpaired) electrons. The van der Waals surface area contributed by atoms with E-state index in [0.717, 1.165) is 16.1 Å². The molecule has 2 aromatic rings. The summed E-state index contributed by atoms with van der Waals surface area (Å²) < 4.78 is 0. The van der Waals surface area contributed by atoms with Crippen molar-refractivity contribution in [2.75, 3.05) is 0 Å². The molecule has 0 saturated heterocycles. The Bertz CT molecular complexity index is 452. The van der Waals surface area contributed by atoms with Gasteiger partial charge in [0, 0.05) is 11.6 Å². The maximum absolute atomic E-state index is 5.84. The van der Waals surface area contributed by atoms with Crippen LogP contribution in [0.5, 0.6) is 0 Å². The Morgan fingerprint density at radius 1 is 0.938 bits per heavy atom. The van der Waals surface area contributed by atoms with Crippen molar-refractivity contribution in [1.82, 2.24) is 0 Å². The van der Waals surface area contributed by atoms with E-state index in [1.54, 1.807) is 0 Å². The van der Waals surface area contributed by atoms with Gasteiger partial charge >= 0.3 is 0 Å². The van der Waals surface area contributed by atoms with Gasteiger partial charge in [-0.15, -0.1) is 12.4 Å². The van der Waals surface area contributed by atoms with Crippen LogP contribution >= 0.6 is 24.0 Å². The first-order valence-corrected chi connectivity index (χ1v) is 5.22. The smallest absolute Gasteiger partial charge is 0.0406 e. The molecule has 16 heavy (non-hydrogen) atoms. The van der Waals surface area contributed by atoms with Crippen LogP contribution in [0.1, 0.15) is 5.56 Å². The summed E-state index contributed by atoms with van der Waals surface area (Å²) in [4.78, 5) is 0. The molecule has 0 atom stereocenters. The average molecular weight is 254 g/mol. The standard InChI is InChI=1S/C13H12ClN.ClH/c14-13-6-4-11(5-7-13)12-3-1-2-10(8-12)9-15;/h1-8H,9,15H2;1H. The Morgan fingerprint density at radius 2 is 1.62 bits per heavy atom. The second kappa shape index (κ2) is 5.90. The predicted molar refractivity (Wildman–Crippen MR) is 72.0 cm³/mol. The van der Waals surface area contributed by atoms with Crippen LogP contribution < -0.4 is 5.73 Å². The van der Waals surface area contributed by atoms with Crippen LogP contribution in [0.25, 0.3) is 11.1 Å². The number of nitrogens with two attached hydrogens (primary N) is 1. The summed E-state index contributed by atoms with van der Waals surface area (Å²) in [5.74, 6) is 0. The minimum absolute atomic E-state index is 0. The molecule has 0 fully saturated rings. The molecule has 3 heteroatoms. The highest BCUT2D eigenvalue weighted by molar-refractivity contribution is 6.30. The predicted octanol–water partition coefficient (Wildman–Crippen LogP) is 3.89. The summed E-state index contributed by atoms with van der Waals surface area (Å²) in [7, 11) is 0. The van der Waals surface area contributed by atoms with Crippen molar-refractivity contribution in [3.63, 3.8) is 0 Å². The first kappa shape index (κ1) is 13.0. The van der Waals surface area contributed by atoms with Crippen molar-refractivity contribution in [3.8, 4) is 11.1 Å². The van der Waals surface area contributed by atoms with Gasteiger partial charge in [-0.2, -0.15) is 0 Å². The van der Waals surface area contributed by atoms with Gasteiger partial charge in [0.1, 0.15) is 0 Å². The lowest BCUT2D eigenvalue weighted by molar-refractivity contribution is 1.07. The summed E-state index contributed by atoms with van der Waals surface area (Å²) in [6.45, 7) is 0.571. The first-order valence-electron chi connectivity index (χ1n) is 4.84. The molecule has 0 amide bonds. The topological polar surface area (TPSA) is 26.0 Å². The zero-order valence-corrected chi connectivity index (χ0v) is 10.3. The van der Waals surface area contributed by atoms with E-state index in [1.165, 1.54) is 5.56 Å². The third-order valence-corrected chi connectivity index (χ3v) is 2.59. The van der Waals surface area contributed by atoms with Crippen molar-refractivity contribution in [1.29, 1.82) is 0 Å². The van der Waals surface area contributed by atoms with Gasteiger partial charge < -0.3 is 5.73 Å². The minimum Gasteiger partial charge on any atom is -0.326 e. The highest BCUT2D eigenvalue weighted by atomic mass is 35.5. The summed E-state index contributed by atoms with van der Waals surface area (Å²) >= 11 is 5.84. The Morgan fingerprint density at radius 3 is 2.25 bits per heavy atom. The largest absolute Gasteiger partial charge is 0.326 e. The van der Waals surface area contributed by atoms with Crippen molar-refractivity contribution in [3.05, 3.63) is 59.1 Å². The Kier molecular flexibility index (Phi) is 4.81. The van der Waals surface area contributed by atoms with Crippen molar-refractivity contribution < 1.29 is 0 Å². The van der Waals surface area contributed by atoms with Crippen LogP contribution in [-0.2, 0) is 6.54 Å². The van der Waals surface area contributed by atoms with Crippen molar-refractivity contribution in [2.24, 2.45) is 5.73 Å². The summed E-state index contributed by atoms with van der Waals surface area (Å²) in [5, 5.41) is 0.758. The molecule has 0 aliphatic heterocycles. The Hall–Kier alpha value is -1.02. The lowest BCUT2D eigenvalue weighted by Crippen LogP contribution is -1.95. The molecule has 2 rings (SSSR count). The molecule has 1 nitrogen and oxygen atoms in total. The molecule has 2 aromatic carbocycles. The third kappa shape index (κ3) is 2.99. The number of rotatable bonds is 2. The number of hydrogen-bond donors (Lipinski definition) is 1. The van der Waals surface area contributed by atoms with Crippen LogP contribution in [0.4, 0.5) is 0 Å². The fourth-order valence-corrected chi connectivity index (χ4v) is 1.65. The van der Waals surface area contributed by atoms with E-state index in [9.17, 15) is 0 Å². The second-order valence-electron chi connectivity index (χ2n) is 3.41. The van der Waals surface area contributed by atoms with Crippen LogP contribution in [0, 0.1) is 0 Å². The van der Waals surface area contributed by atoms with Gasteiger partial charge in [0.05, 0.1) is 0 Å². The molecular formula is C13H13Cl2N. The number of halogens is 2. The molecule has 0 aliphatic carbocycles. The van der Waals surface area contributed by atoms with E-state index in [0.29, 0.717) is 6.54 Å². The lowest BCUT2D eigenvalue weighted by atomic mass is 10.0. The van der Waals surface area contributed by atoms with Gasteiger partial charge in [-0.05, 0) is 34.9 Å². The van der Waals surface area contributed by atoms with E-state index < -0.39 is 0 Å². The maximum atomic E-state index is 5.84. The van der Waals surface area contributed by atoms with Gasteiger partial charge in [-0.1, -0.05) is 41.9 Å². The fourth-order valence-electron chi connectivity index (χ4n) is 1.52. The van der Waals surface area contributed by atoms with E-state index >= 15 is 0 Å². The van der Waals surface area contributed by atoms with E-state index in [2.05, 4.69) is 12.1 Å².